The van der Waals surface area contributed by atoms with Crippen molar-refractivity contribution in [2.75, 3.05) is 0 Å². The first-order valence-electron chi connectivity index (χ1n) is 5.38. The van der Waals surface area contributed by atoms with Gasteiger partial charge in [-0.15, -0.1) is 5.10 Å². The second kappa shape index (κ2) is 4.50. The molecule has 1 aromatic heterocycles. The van der Waals surface area contributed by atoms with Gasteiger partial charge < -0.3 is 5.32 Å². The first-order chi connectivity index (χ1) is 6.90. The van der Waals surface area contributed by atoms with Crippen molar-refractivity contribution >= 4 is 0 Å². The molecule has 2 rings (SSSR count). The fourth-order valence-corrected chi connectivity index (χ4v) is 1.35. The van der Waals surface area contributed by atoms with Gasteiger partial charge in [0.15, 0.2) is 5.82 Å². The summed E-state index contributed by atoms with van der Waals surface area (Å²) in [5.41, 5.74) is 0. The normalized spacial score (nSPS) is 16.1. The molecule has 5 heteroatoms. The molecule has 1 fully saturated rings. The van der Waals surface area contributed by atoms with Crippen LogP contribution in [0.1, 0.15) is 38.4 Å². The Morgan fingerprint density at radius 1 is 1.50 bits per heavy atom. The molecule has 0 saturated heterocycles. The number of rotatable bonds is 6. The monoisotopic (exact) mass is 195 g/mol. The molecule has 14 heavy (non-hydrogen) atoms. The number of unbranched alkanes of at least 4 members (excludes halogenated alkanes) is 1. The molecule has 0 spiro atoms. The molecule has 1 aliphatic rings. The Bertz CT molecular complexity index is 278. The zero-order valence-electron chi connectivity index (χ0n) is 8.61. The van der Waals surface area contributed by atoms with Crippen LogP contribution in [0.25, 0.3) is 0 Å². The van der Waals surface area contributed by atoms with Crippen LogP contribution >= 0.6 is 0 Å². The lowest BCUT2D eigenvalue weighted by Gasteiger charge is -2.03. The second-order valence-corrected chi connectivity index (χ2v) is 3.83. The van der Waals surface area contributed by atoms with Gasteiger partial charge in [0.25, 0.3) is 0 Å². The zero-order chi connectivity index (χ0) is 9.80. The number of aryl methyl sites for hydroxylation is 1. The molecule has 0 aromatic carbocycles. The van der Waals surface area contributed by atoms with Gasteiger partial charge in [-0.2, -0.15) is 0 Å². The van der Waals surface area contributed by atoms with Gasteiger partial charge in [0.2, 0.25) is 0 Å². The number of hydrogen-bond acceptors (Lipinski definition) is 4. The molecular formula is C9H17N5. The average Bonchev–Trinajstić information content (AvgIpc) is 2.92. The molecule has 1 N–H and O–H groups in total. The maximum absolute atomic E-state index is 4.01. The highest BCUT2D eigenvalue weighted by molar-refractivity contribution is 4.86. The van der Waals surface area contributed by atoms with Crippen LogP contribution in [0.4, 0.5) is 0 Å². The smallest absolute Gasteiger partial charge is 0.165 e. The molecule has 78 valence electrons. The molecule has 1 heterocycles. The minimum Gasteiger partial charge on any atom is -0.307 e. The fraction of sp³-hybridized carbons (Fsp3) is 0.889. The van der Waals surface area contributed by atoms with Crippen molar-refractivity contribution in [1.82, 2.24) is 25.5 Å². The Kier molecular flexibility index (Phi) is 3.08. The molecule has 0 unspecified atom stereocenters. The number of hydrogen-bond donors (Lipinski definition) is 1. The Morgan fingerprint density at radius 2 is 2.36 bits per heavy atom. The molecule has 0 bridgehead atoms. The lowest BCUT2D eigenvalue weighted by Crippen LogP contribution is -2.19. The molecule has 0 radical (unpaired) electrons. The van der Waals surface area contributed by atoms with E-state index in [1.165, 1.54) is 19.3 Å². The van der Waals surface area contributed by atoms with E-state index in [1.807, 2.05) is 4.68 Å². The van der Waals surface area contributed by atoms with Crippen LogP contribution in [-0.2, 0) is 13.1 Å². The van der Waals surface area contributed by atoms with Gasteiger partial charge in [0.05, 0.1) is 6.54 Å². The highest BCUT2D eigenvalue weighted by atomic mass is 15.5. The van der Waals surface area contributed by atoms with Gasteiger partial charge in [-0.1, -0.05) is 13.3 Å². The number of tetrazole rings is 1. The standard InChI is InChI=1S/C9H17N5/c1-2-3-6-14-9(11-12-13-14)7-10-8-4-5-8/h8,10H,2-7H2,1H3. The second-order valence-electron chi connectivity index (χ2n) is 3.83. The van der Waals surface area contributed by atoms with Crippen LogP contribution in [0, 0.1) is 0 Å². The summed E-state index contributed by atoms with van der Waals surface area (Å²) in [6.45, 7) is 3.92. The summed E-state index contributed by atoms with van der Waals surface area (Å²) in [5.74, 6) is 0.963. The van der Waals surface area contributed by atoms with E-state index in [0.717, 1.165) is 25.3 Å². The Hall–Kier alpha value is -0.970. The predicted molar refractivity (Wildman–Crippen MR) is 52.6 cm³/mol. The van der Waals surface area contributed by atoms with Crippen molar-refractivity contribution < 1.29 is 0 Å². The largest absolute Gasteiger partial charge is 0.307 e. The average molecular weight is 195 g/mol. The molecule has 0 amide bonds. The van der Waals surface area contributed by atoms with E-state index in [2.05, 4.69) is 27.8 Å². The quantitative estimate of drug-likeness (QED) is 0.727. The SMILES string of the molecule is CCCCn1nnnc1CNC1CC1. The molecule has 0 aliphatic heterocycles. The van der Waals surface area contributed by atoms with Gasteiger partial charge in [-0.3, -0.25) is 0 Å². The summed E-state index contributed by atoms with van der Waals surface area (Å²) >= 11 is 0. The van der Waals surface area contributed by atoms with Crippen molar-refractivity contribution in [1.29, 1.82) is 0 Å². The third-order valence-corrected chi connectivity index (χ3v) is 2.46. The first-order valence-corrected chi connectivity index (χ1v) is 5.38. The minimum atomic E-state index is 0.714. The molecule has 1 aromatic rings. The van der Waals surface area contributed by atoms with Gasteiger partial charge in [-0.25, -0.2) is 4.68 Å². The lowest BCUT2D eigenvalue weighted by molar-refractivity contribution is 0.516. The van der Waals surface area contributed by atoms with E-state index in [1.54, 1.807) is 0 Å². The van der Waals surface area contributed by atoms with Crippen LogP contribution in [0.15, 0.2) is 0 Å². The van der Waals surface area contributed by atoms with E-state index >= 15 is 0 Å². The van der Waals surface area contributed by atoms with Crippen molar-refractivity contribution in [3.63, 3.8) is 0 Å². The molecular weight excluding hydrogens is 178 g/mol. The zero-order valence-corrected chi connectivity index (χ0v) is 8.61. The summed E-state index contributed by atoms with van der Waals surface area (Å²) < 4.78 is 1.90. The van der Waals surface area contributed by atoms with Crippen molar-refractivity contribution in [2.45, 2.75) is 51.7 Å². The highest BCUT2D eigenvalue weighted by Gasteiger charge is 2.21. The highest BCUT2D eigenvalue weighted by Crippen LogP contribution is 2.18. The maximum Gasteiger partial charge on any atom is 0.165 e. The summed E-state index contributed by atoms with van der Waals surface area (Å²) in [7, 11) is 0. The molecule has 5 nitrogen and oxygen atoms in total. The summed E-state index contributed by atoms with van der Waals surface area (Å²) in [4.78, 5) is 0. The summed E-state index contributed by atoms with van der Waals surface area (Å²) in [6, 6.07) is 0.714. The van der Waals surface area contributed by atoms with Crippen LogP contribution < -0.4 is 5.32 Å². The molecule has 1 aliphatic carbocycles. The number of aromatic nitrogens is 4. The topological polar surface area (TPSA) is 55.6 Å². The summed E-state index contributed by atoms with van der Waals surface area (Å²) in [5, 5.41) is 15.1. The van der Waals surface area contributed by atoms with E-state index < -0.39 is 0 Å². The van der Waals surface area contributed by atoms with Crippen molar-refractivity contribution in [2.24, 2.45) is 0 Å². The van der Waals surface area contributed by atoms with E-state index in [4.69, 9.17) is 0 Å². The maximum atomic E-state index is 4.01. The van der Waals surface area contributed by atoms with Gasteiger partial charge in [-0.05, 0) is 29.7 Å². The van der Waals surface area contributed by atoms with Gasteiger partial charge in [0.1, 0.15) is 0 Å². The van der Waals surface area contributed by atoms with E-state index in [9.17, 15) is 0 Å². The van der Waals surface area contributed by atoms with E-state index in [0.29, 0.717) is 6.04 Å². The van der Waals surface area contributed by atoms with Crippen molar-refractivity contribution in [3.8, 4) is 0 Å². The Labute approximate surface area is 83.9 Å². The fourth-order valence-electron chi connectivity index (χ4n) is 1.35. The number of nitrogens with zero attached hydrogens (tertiary/aromatic N) is 4. The predicted octanol–water partition coefficient (Wildman–Crippen LogP) is 0.725. The van der Waals surface area contributed by atoms with Crippen LogP contribution in [-0.4, -0.2) is 26.2 Å². The number of nitrogens with one attached hydrogen (secondary N) is 1. The first kappa shape index (κ1) is 9.58. The third kappa shape index (κ3) is 2.51. The summed E-state index contributed by atoms with van der Waals surface area (Å²) in [6.07, 6.45) is 4.92. The van der Waals surface area contributed by atoms with Gasteiger partial charge in [0, 0.05) is 12.6 Å². The lowest BCUT2D eigenvalue weighted by atomic mass is 10.3. The van der Waals surface area contributed by atoms with Crippen molar-refractivity contribution in [3.05, 3.63) is 5.82 Å². The third-order valence-electron chi connectivity index (χ3n) is 2.46. The van der Waals surface area contributed by atoms with Crippen LogP contribution in [0.3, 0.4) is 0 Å². The Morgan fingerprint density at radius 3 is 3.07 bits per heavy atom. The van der Waals surface area contributed by atoms with Gasteiger partial charge >= 0.3 is 0 Å². The Balaban J connectivity index is 1.83. The van der Waals surface area contributed by atoms with E-state index in [-0.39, 0.29) is 0 Å². The van der Waals surface area contributed by atoms with Crippen LogP contribution in [0.2, 0.25) is 0 Å². The molecule has 1 saturated carbocycles. The van der Waals surface area contributed by atoms with Crippen LogP contribution in [0.5, 0.6) is 0 Å². The molecule has 0 atom stereocenters. The minimum absolute atomic E-state index is 0.714.